The molecule has 17 heteroatoms. The molecule has 0 saturated heterocycles. The summed E-state index contributed by atoms with van der Waals surface area (Å²) in [6.07, 6.45) is -12.3. The van der Waals surface area contributed by atoms with Crippen LogP contribution in [0.5, 0.6) is 0 Å². The van der Waals surface area contributed by atoms with Gasteiger partial charge in [-0.15, -0.1) is 0 Å². The Bertz CT molecular complexity index is 1480. The van der Waals surface area contributed by atoms with Gasteiger partial charge in [-0.1, -0.05) is 0 Å². The summed E-state index contributed by atoms with van der Waals surface area (Å²) in [5.41, 5.74) is -10.0. The molecule has 200 valence electrons. The van der Waals surface area contributed by atoms with Gasteiger partial charge in [-0.25, -0.2) is 12.8 Å². The molecule has 1 heterocycles. The van der Waals surface area contributed by atoms with Crippen LogP contribution < -0.4 is 10.0 Å². The molecule has 0 atom stereocenters. The Morgan fingerprint density at radius 2 is 1.57 bits per heavy atom. The molecule has 0 aliphatic carbocycles. The van der Waals surface area contributed by atoms with Crippen molar-refractivity contribution < 1.29 is 57.5 Å². The van der Waals surface area contributed by atoms with Crippen molar-refractivity contribution >= 4 is 54.9 Å². The first kappa shape index (κ1) is 28.7. The van der Waals surface area contributed by atoms with E-state index < -0.39 is 65.3 Å². The number of nitrogens with zero attached hydrogens (tertiary/aromatic N) is 1. The van der Waals surface area contributed by atoms with Crippen LogP contribution in [0.2, 0.25) is 0 Å². The Hall–Kier alpha value is -2.83. The van der Waals surface area contributed by atoms with Crippen molar-refractivity contribution in [3.05, 3.63) is 68.6 Å². The molecular weight excluding hydrogens is 662 g/mol. The zero-order chi connectivity index (χ0) is 28.1. The predicted molar refractivity (Wildman–Crippen MR) is 118 cm³/mol. The van der Waals surface area contributed by atoms with E-state index in [1.54, 1.807) is 0 Å². The number of fused-ring (bicyclic) bond motifs is 1. The van der Waals surface area contributed by atoms with Crippen LogP contribution in [-0.2, 0) is 15.5 Å². The molecule has 1 amide bonds. The summed E-state index contributed by atoms with van der Waals surface area (Å²) >= 11 is 0.964. The molecule has 0 saturated carbocycles. The zero-order valence-electron chi connectivity index (χ0n) is 17.5. The molecule has 0 unspecified atom stereocenters. The van der Waals surface area contributed by atoms with Crippen LogP contribution in [-0.4, -0.2) is 32.4 Å². The number of alkyl halides is 9. The number of pyridine rings is 1. The number of carbonyl (C=O) groups excluding carboxylic acids is 1. The lowest BCUT2D eigenvalue weighted by Crippen LogP contribution is -2.50. The van der Waals surface area contributed by atoms with E-state index >= 15 is 0 Å². The fraction of sp³-hybridized carbons (Fsp3) is 0.200. The summed E-state index contributed by atoms with van der Waals surface area (Å²) < 4.78 is 144. The van der Waals surface area contributed by atoms with E-state index in [4.69, 9.17) is 0 Å². The van der Waals surface area contributed by atoms with Gasteiger partial charge in [-0.05, 0) is 52.9 Å². The van der Waals surface area contributed by atoms with E-state index in [1.165, 1.54) is 18.2 Å². The average molecular weight is 672 g/mol. The molecule has 1 aromatic heterocycles. The molecule has 0 fully saturated rings. The number of hydrogen-bond donors (Lipinski definition) is 1. The summed E-state index contributed by atoms with van der Waals surface area (Å²) in [6, 6.07) is 5.67. The average Bonchev–Trinajstić information content (AvgIpc) is 2.77. The Kier molecular flexibility index (Phi) is 7.36. The highest BCUT2D eigenvalue weighted by atomic mass is 127. The fourth-order valence-electron chi connectivity index (χ4n) is 3.22. The Morgan fingerprint density at radius 3 is 2.11 bits per heavy atom. The van der Waals surface area contributed by atoms with Crippen molar-refractivity contribution in [2.75, 3.05) is 5.32 Å². The molecule has 1 N–H and O–H groups in total. The van der Waals surface area contributed by atoms with Gasteiger partial charge in [0.1, 0.15) is 0 Å². The number of benzene rings is 2. The van der Waals surface area contributed by atoms with Gasteiger partial charge < -0.3 is 10.5 Å². The maximum atomic E-state index is 14.6. The molecule has 2 aromatic carbocycles. The van der Waals surface area contributed by atoms with Gasteiger partial charge in [0, 0.05) is 32.2 Å². The number of nitrogens with one attached hydrogen (secondary N) is 1. The molecule has 6 nitrogen and oxygen atoms in total. The van der Waals surface area contributed by atoms with Gasteiger partial charge in [-0.3, -0.25) is 4.79 Å². The fourth-order valence-corrected chi connectivity index (χ4v) is 5.09. The SMILES string of the molecule is O=C(Nc1c(I)cc(C(F)(C(F)(F)F)C(F)(F)F)cc1S(=O)(=O)C(F)F)c1ccc2ccc[n+]([O-])c2c1. The van der Waals surface area contributed by atoms with Crippen molar-refractivity contribution in [3.8, 4) is 0 Å². The van der Waals surface area contributed by atoms with Gasteiger partial charge in [0.05, 0.1) is 10.6 Å². The number of carbonyl (C=O) groups is 1. The number of anilines is 1. The molecule has 3 aromatic rings. The molecule has 37 heavy (non-hydrogen) atoms. The molecule has 0 aliphatic heterocycles. The van der Waals surface area contributed by atoms with Crippen LogP contribution in [0.25, 0.3) is 10.9 Å². The predicted octanol–water partition coefficient (Wildman–Crippen LogP) is 5.62. The highest BCUT2D eigenvalue weighted by Crippen LogP contribution is 2.54. The van der Waals surface area contributed by atoms with Crippen LogP contribution in [0, 0.1) is 8.78 Å². The maximum Gasteiger partial charge on any atom is 0.435 e. The smallest absolute Gasteiger partial charge is 0.435 e. The second-order valence-corrected chi connectivity index (χ2v) is 10.4. The van der Waals surface area contributed by atoms with Gasteiger partial charge in [-0.2, -0.15) is 39.9 Å². The standard InChI is InChI=1S/C20H10F9IN2O4S/c21-17(22)37(35,36)14-8-11(18(23,19(24,25)26)20(27,28)29)7-12(30)15(14)31-16(33)10-4-3-9-2-1-5-32(34)13(9)6-10/h1-8,17H,(H,31,33). The van der Waals surface area contributed by atoms with Crippen LogP contribution >= 0.6 is 22.6 Å². The minimum atomic E-state index is -6.66. The number of hydrogen-bond acceptors (Lipinski definition) is 4. The highest BCUT2D eigenvalue weighted by Gasteiger charge is 2.73. The second kappa shape index (κ2) is 9.48. The van der Waals surface area contributed by atoms with E-state index in [-0.39, 0.29) is 17.1 Å². The molecule has 0 radical (unpaired) electrons. The van der Waals surface area contributed by atoms with Crippen molar-refractivity contribution in [3.63, 3.8) is 0 Å². The maximum absolute atomic E-state index is 14.6. The Balaban J connectivity index is 2.23. The second-order valence-electron chi connectivity index (χ2n) is 7.35. The van der Waals surface area contributed by atoms with Crippen LogP contribution in [0.4, 0.5) is 45.2 Å². The normalized spacial score (nSPS) is 13.3. The summed E-state index contributed by atoms with van der Waals surface area (Å²) in [7, 11) is -5.98. The summed E-state index contributed by atoms with van der Waals surface area (Å²) in [4.78, 5) is 10.8. The lowest BCUT2D eigenvalue weighted by Gasteiger charge is -2.31. The largest absolute Gasteiger partial charge is 0.618 e. The summed E-state index contributed by atoms with van der Waals surface area (Å²) in [5.74, 6) is -5.62. The lowest BCUT2D eigenvalue weighted by atomic mass is 9.94. The quantitative estimate of drug-likeness (QED) is 0.165. The summed E-state index contributed by atoms with van der Waals surface area (Å²) in [6.45, 7) is 0. The number of amides is 1. The first-order valence-electron chi connectivity index (χ1n) is 9.44. The van der Waals surface area contributed by atoms with E-state index in [0.29, 0.717) is 10.1 Å². The number of aromatic nitrogens is 1. The third-order valence-electron chi connectivity index (χ3n) is 5.04. The molecular formula is C20H10F9IN2O4S. The minimum Gasteiger partial charge on any atom is -0.618 e. The van der Waals surface area contributed by atoms with Crippen LogP contribution in [0.1, 0.15) is 15.9 Å². The highest BCUT2D eigenvalue weighted by molar-refractivity contribution is 14.1. The minimum absolute atomic E-state index is 0.0572. The summed E-state index contributed by atoms with van der Waals surface area (Å²) in [5, 5.41) is 14.1. The first-order valence-corrected chi connectivity index (χ1v) is 12.1. The molecule has 3 rings (SSSR count). The van der Waals surface area contributed by atoms with E-state index in [0.717, 1.165) is 40.9 Å². The number of sulfone groups is 1. The third-order valence-corrected chi connectivity index (χ3v) is 7.29. The monoisotopic (exact) mass is 672 g/mol. The molecule has 0 bridgehead atoms. The van der Waals surface area contributed by atoms with Crippen LogP contribution in [0.15, 0.2) is 53.6 Å². The third kappa shape index (κ3) is 5.01. The van der Waals surface area contributed by atoms with Gasteiger partial charge in [0.2, 0.25) is 15.4 Å². The Labute approximate surface area is 214 Å². The van der Waals surface area contributed by atoms with E-state index in [2.05, 4.69) is 0 Å². The number of halogens is 10. The van der Waals surface area contributed by atoms with Crippen molar-refractivity contribution in [1.29, 1.82) is 0 Å². The molecule has 0 aliphatic rings. The van der Waals surface area contributed by atoms with Crippen molar-refractivity contribution in [2.45, 2.75) is 28.7 Å². The van der Waals surface area contributed by atoms with Gasteiger partial charge in [0.15, 0.2) is 6.20 Å². The first-order chi connectivity index (χ1) is 16.8. The van der Waals surface area contributed by atoms with Crippen molar-refractivity contribution in [2.24, 2.45) is 0 Å². The lowest BCUT2D eigenvalue weighted by molar-refractivity contribution is -0.577. The number of rotatable bonds is 5. The van der Waals surface area contributed by atoms with Crippen molar-refractivity contribution in [1.82, 2.24) is 0 Å². The van der Waals surface area contributed by atoms with Gasteiger partial charge >= 0.3 is 23.8 Å². The van der Waals surface area contributed by atoms with Crippen LogP contribution in [0.3, 0.4) is 0 Å². The zero-order valence-corrected chi connectivity index (χ0v) is 20.4. The Morgan fingerprint density at radius 1 is 0.973 bits per heavy atom. The van der Waals surface area contributed by atoms with E-state index in [9.17, 15) is 57.9 Å². The van der Waals surface area contributed by atoms with E-state index in [1.807, 2.05) is 5.32 Å². The van der Waals surface area contributed by atoms with Gasteiger partial charge in [0.25, 0.3) is 5.91 Å². The topological polar surface area (TPSA) is 90.2 Å². The molecule has 0 spiro atoms.